The fraction of sp³-hybridized carbons (Fsp3) is 0.261. The number of carboxylic acids is 1. The number of aliphatic carboxylic acids is 1. The van der Waals surface area contributed by atoms with Crippen LogP contribution in [-0.2, 0) is 14.4 Å². The summed E-state index contributed by atoms with van der Waals surface area (Å²) in [7, 11) is 0. The van der Waals surface area contributed by atoms with E-state index in [2.05, 4.69) is 10.6 Å². The van der Waals surface area contributed by atoms with Crippen LogP contribution in [0, 0.1) is 11.8 Å². The van der Waals surface area contributed by atoms with Gasteiger partial charge in [-0.1, -0.05) is 35.4 Å². The van der Waals surface area contributed by atoms with Crippen LogP contribution in [0.25, 0.3) is 0 Å². The highest BCUT2D eigenvalue weighted by Gasteiger charge is 2.33. The predicted octanol–water partition coefficient (Wildman–Crippen LogP) is 5.72. The molecule has 2 aromatic rings. The molecule has 1 aliphatic carbocycles. The number of allylic oxidation sites excluding steroid dienone is 2. The molecule has 0 aliphatic heterocycles. The Morgan fingerprint density at radius 2 is 1.53 bits per heavy atom. The van der Waals surface area contributed by atoms with E-state index < -0.39 is 23.1 Å². The van der Waals surface area contributed by atoms with Gasteiger partial charge in [-0.05, 0) is 62.2 Å². The lowest BCUT2D eigenvalue weighted by Gasteiger charge is -2.24. The molecule has 0 radical (unpaired) electrons. The standard InChI is InChI=1S/C23H22Cl2N2O4S/c1-13(21(28)27-17-11-14(24)10-15(25)12-17)32-18-8-6-16(7-9-18)26-22(29)19-4-2-3-5-20(19)23(30)31/h2-3,6-13,19-20H,4-5H2,1H3,(H,26,29)(H,27,28)(H,30,31). The first-order valence-electron chi connectivity index (χ1n) is 9.95. The molecule has 2 amide bonds. The van der Waals surface area contributed by atoms with Gasteiger partial charge in [-0.25, -0.2) is 0 Å². The molecule has 9 heteroatoms. The summed E-state index contributed by atoms with van der Waals surface area (Å²) in [4.78, 5) is 37.3. The SMILES string of the molecule is CC(Sc1ccc(NC(=O)C2CC=CCC2C(=O)O)cc1)C(=O)Nc1cc(Cl)cc(Cl)c1. The van der Waals surface area contributed by atoms with Gasteiger partial charge in [-0.2, -0.15) is 0 Å². The summed E-state index contributed by atoms with van der Waals surface area (Å²) in [6.07, 6.45) is 4.39. The molecule has 0 bridgehead atoms. The topological polar surface area (TPSA) is 95.5 Å². The number of rotatable bonds is 7. The second-order valence-corrected chi connectivity index (χ2v) is 9.70. The third-order valence-electron chi connectivity index (χ3n) is 5.02. The van der Waals surface area contributed by atoms with E-state index >= 15 is 0 Å². The quantitative estimate of drug-likeness (QED) is 0.339. The molecule has 6 nitrogen and oxygen atoms in total. The van der Waals surface area contributed by atoms with Gasteiger partial charge in [0.25, 0.3) is 0 Å². The minimum Gasteiger partial charge on any atom is -0.481 e. The van der Waals surface area contributed by atoms with Crippen molar-refractivity contribution >= 4 is 64.1 Å². The van der Waals surface area contributed by atoms with Crippen LogP contribution in [0.1, 0.15) is 19.8 Å². The molecule has 1 aliphatic rings. The van der Waals surface area contributed by atoms with Crippen molar-refractivity contribution in [2.75, 3.05) is 10.6 Å². The molecule has 0 aromatic heterocycles. The number of carboxylic acid groups (broad SMARTS) is 1. The van der Waals surface area contributed by atoms with Gasteiger partial charge in [-0.3, -0.25) is 14.4 Å². The normalized spacial score (nSPS) is 18.6. The number of carbonyl (C=O) groups excluding carboxylic acids is 2. The van der Waals surface area contributed by atoms with E-state index in [0.29, 0.717) is 34.3 Å². The summed E-state index contributed by atoms with van der Waals surface area (Å²) in [5.41, 5.74) is 1.10. The Balaban J connectivity index is 1.56. The second-order valence-electron chi connectivity index (χ2n) is 7.42. The van der Waals surface area contributed by atoms with E-state index in [9.17, 15) is 19.5 Å². The van der Waals surface area contributed by atoms with Crippen LogP contribution in [0.2, 0.25) is 10.0 Å². The molecule has 0 heterocycles. The second kappa shape index (κ2) is 10.9. The van der Waals surface area contributed by atoms with Gasteiger partial charge in [0.05, 0.1) is 17.1 Å². The zero-order valence-corrected chi connectivity index (χ0v) is 19.5. The molecule has 3 N–H and O–H groups in total. The third kappa shape index (κ3) is 6.51. The molecule has 0 fully saturated rings. The molecular formula is C23H22Cl2N2O4S. The minimum absolute atomic E-state index is 0.198. The number of amides is 2. The first-order chi connectivity index (χ1) is 15.2. The van der Waals surface area contributed by atoms with E-state index in [4.69, 9.17) is 23.2 Å². The first-order valence-corrected chi connectivity index (χ1v) is 11.6. The fourth-order valence-corrected chi connectivity index (χ4v) is 4.75. The molecule has 32 heavy (non-hydrogen) atoms. The number of anilines is 2. The number of hydrogen-bond donors (Lipinski definition) is 3. The van der Waals surface area contributed by atoms with Crippen LogP contribution in [-0.4, -0.2) is 28.1 Å². The zero-order chi connectivity index (χ0) is 23.3. The summed E-state index contributed by atoms with van der Waals surface area (Å²) in [6, 6.07) is 11.9. The predicted molar refractivity (Wildman–Crippen MR) is 128 cm³/mol. The van der Waals surface area contributed by atoms with Gasteiger partial charge in [0.2, 0.25) is 11.8 Å². The maximum Gasteiger partial charge on any atom is 0.307 e. The summed E-state index contributed by atoms with van der Waals surface area (Å²) < 4.78 is 0. The first kappa shape index (κ1) is 24.2. The molecule has 3 rings (SSSR count). The van der Waals surface area contributed by atoms with Gasteiger partial charge in [0, 0.05) is 26.3 Å². The molecular weight excluding hydrogens is 471 g/mol. The van der Waals surface area contributed by atoms with Crippen molar-refractivity contribution in [1.82, 2.24) is 0 Å². The lowest BCUT2D eigenvalue weighted by Crippen LogP contribution is -2.34. The summed E-state index contributed by atoms with van der Waals surface area (Å²) in [5, 5.41) is 15.4. The summed E-state index contributed by atoms with van der Waals surface area (Å²) in [6.45, 7) is 1.78. The Morgan fingerprint density at radius 3 is 2.12 bits per heavy atom. The van der Waals surface area contributed by atoms with E-state index in [1.807, 2.05) is 6.08 Å². The Hall–Kier alpha value is -2.48. The van der Waals surface area contributed by atoms with Gasteiger partial charge >= 0.3 is 5.97 Å². The maximum atomic E-state index is 12.6. The Morgan fingerprint density at radius 1 is 0.938 bits per heavy atom. The molecule has 0 spiro atoms. The van der Waals surface area contributed by atoms with Crippen molar-refractivity contribution in [3.8, 4) is 0 Å². The molecule has 168 valence electrons. The smallest absolute Gasteiger partial charge is 0.307 e. The third-order valence-corrected chi connectivity index (χ3v) is 6.57. The Kier molecular flexibility index (Phi) is 8.23. The van der Waals surface area contributed by atoms with Crippen molar-refractivity contribution in [2.24, 2.45) is 11.8 Å². The zero-order valence-electron chi connectivity index (χ0n) is 17.2. The highest BCUT2D eigenvalue weighted by Crippen LogP contribution is 2.29. The lowest BCUT2D eigenvalue weighted by atomic mass is 9.82. The van der Waals surface area contributed by atoms with Crippen LogP contribution in [0.15, 0.2) is 59.5 Å². The van der Waals surface area contributed by atoms with Crippen molar-refractivity contribution in [2.45, 2.75) is 29.9 Å². The van der Waals surface area contributed by atoms with Crippen LogP contribution >= 0.6 is 35.0 Å². The van der Waals surface area contributed by atoms with Gasteiger partial charge in [-0.15, -0.1) is 11.8 Å². The number of benzene rings is 2. The van der Waals surface area contributed by atoms with Crippen molar-refractivity contribution in [1.29, 1.82) is 0 Å². The molecule has 0 saturated carbocycles. The Labute approximate surface area is 200 Å². The highest BCUT2D eigenvalue weighted by atomic mass is 35.5. The minimum atomic E-state index is -0.964. The van der Waals surface area contributed by atoms with E-state index in [1.165, 1.54) is 11.8 Å². The Bertz CT molecular complexity index is 1020. The van der Waals surface area contributed by atoms with Gasteiger partial charge < -0.3 is 15.7 Å². The number of nitrogens with one attached hydrogen (secondary N) is 2. The van der Waals surface area contributed by atoms with Crippen LogP contribution in [0.3, 0.4) is 0 Å². The van der Waals surface area contributed by atoms with Crippen molar-refractivity contribution < 1.29 is 19.5 Å². The fourth-order valence-electron chi connectivity index (χ4n) is 3.36. The average Bonchev–Trinajstić information content (AvgIpc) is 2.74. The van der Waals surface area contributed by atoms with E-state index in [-0.39, 0.29) is 11.8 Å². The lowest BCUT2D eigenvalue weighted by molar-refractivity contribution is -0.146. The molecule has 3 unspecified atom stereocenters. The largest absolute Gasteiger partial charge is 0.481 e. The molecule has 2 aromatic carbocycles. The molecule has 3 atom stereocenters. The number of carbonyl (C=O) groups is 3. The summed E-state index contributed by atoms with van der Waals surface area (Å²) in [5.74, 6) is -2.79. The summed E-state index contributed by atoms with van der Waals surface area (Å²) >= 11 is 13.3. The number of thioether (sulfide) groups is 1. The van der Waals surface area contributed by atoms with Crippen LogP contribution < -0.4 is 10.6 Å². The van der Waals surface area contributed by atoms with Crippen molar-refractivity contribution in [3.63, 3.8) is 0 Å². The van der Waals surface area contributed by atoms with E-state index in [0.717, 1.165) is 4.90 Å². The van der Waals surface area contributed by atoms with Crippen molar-refractivity contribution in [3.05, 3.63) is 64.7 Å². The van der Waals surface area contributed by atoms with Gasteiger partial charge in [0.1, 0.15) is 0 Å². The average molecular weight is 493 g/mol. The van der Waals surface area contributed by atoms with Crippen LogP contribution in [0.5, 0.6) is 0 Å². The maximum absolute atomic E-state index is 12.6. The molecule has 0 saturated heterocycles. The van der Waals surface area contributed by atoms with Gasteiger partial charge in [0.15, 0.2) is 0 Å². The van der Waals surface area contributed by atoms with E-state index in [1.54, 1.807) is 55.5 Å². The number of hydrogen-bond acceptors (Lipinski definition) is 4. The monoisotopic (exact) mass is 492 g/mol. The highest BCUT2D eigenvalue weighted by molar-refractivity contribution is 8.00. The van der Waals surface area contributed by atoms with Crippen LogP contribution in [0.4, 0.5) is 11.4 Å². The number of halogens is 2.